The zero-order chi connectivity index (χ0) is 22.3. The van der Waals surface area contributed by atoms with Crippen LogP contribution in [-0.2, 0) is 6.42 Å². The first-order chi connectivity index (χ1) is 14.8. The van der Waals surface area contributed by atoms with Gasteiger partial charge in [0, 0.05) is 23.5 Å². The summed E-state index contributed by atoms with van der Waals surface area (Å²) in [4.78, 5) is 16.2. The summed E-state index contributed by atoms with van der Waals surface area (Å²) < 4.78 is 53.5. The van der Waals surface area contributed by atoms with Crippen molar-refractivity contribution in [2.24, 2.45) is 0 Å². The third-order valence-corrected chi connectivity index (χ3v) is 5.40. The van der Waals surface area contributed by atoms with Gasteiger partial charge in [0.1, 0.15) is 0 Å². The molecule has 1 aromatic heterocycles. The number of hydrogen-bond acceptors (Lipinski definition) is 5. The van der Waals surface area contributed by atoms with Crippen LogP contribution in [0.2, 0.25) is 0 Å². The van der Waals surface area contributed by atoms with Gasteiger partial charge in [0.05, 0.1) is 20.3 Å². The zero-order valence-electron chi connectivity index (χ0n) is 17.1. The van der Waals surface area contributed by atoms with E-state index in [1.54, 1.807) is 16.7 Å². The number of methoxy groups -OCH3 is 2. The summed E-state index contributed by atoms with van der Waals surface area (Å²) in [7, 11) is 3.04. The number of benzene rings is 2. The molecule has 31 heavy (non-hydrogen) atoms. The molecule has 0 radical (unpaired) electrons. The average molecular weight is 431 g/mol. The van der Waals surface area contributed by atoms with Gasteiger partial charge in [-0.05, 0) is 49.1 Å². The maximum atomic E-state index is 13.9. The second kappa shape index (κ2) is 7.98. The lowest BCUT2D eigenvalue weighted by atomic mass is 10.0. The van der Waals surface area contributed by atoms with Gasteiger partial charge >= 0.3 is 0 Å². The fourth-order valence-electron chi connectivity index (χ4n) is 3.90. The molecule has 0 bridgehead atoms. The summed E-state index contributed by atoms with van der Waals surface area (Å²) in [5, 5.41) is 3.13. The van der Waals surface area contributed by atoms with Crippen molar-refractivity contribution in [3.63, 3.8) is 0 Å². The molecule has 1 aliphatic rings. The first kappa shape index (κ1) is 20.8. The van der Waals surface area contributed by atoms with Gasteiger partial charge in [0.2, 0.25) is 5.95 Å². The van der Waals surface area contributed by atoms with E-state index in [2.05, 4.69) is 10.3 Å². The first-order valence-corrected chi connectivity index (χ1v) is 9.59. The Kier molecular flexibility index (Phi) is 5.34. The SMILES string of the molecule is COc1cc(C)c(Nc2nc(=O)cc3n2C(c2cc(F)c(F)c(F)c2)CC3)cc1OC. The smallest absolute Gasteiger partial charge is 0.274 e. The second-order valence-corrected chi connectivity index (χ2v) is 7.28. The highest BCUT2D eigenvalue weighted by Crippen LogP contribution is 2.38. The molecule has 162 valence electrons. The van der Waals surface area contributed by atoms with Crippen molar-refractivity contribution in [3.05, 3.63) is 75.0 Å². The molecule has 2 heterocycles. The van der Waals surface area contributed by atoms with Crippen LogP contribution in [-0.4, -0.2) is 23.8 Å². The molecular formula is C22H20F3N3O3. The molecule has 1 unspecified atom stereocenters. The van der Waals surface area contributed by atoms with E-state index in [0.717, 1.165) is 17.7 Å². The summed E-state index contributed by atoms with van der Waals surface area (Å²) >= 11 is 0. The summed E-state index contributed by atoms with van der Waals surface area (Å²) in [6, 6.07) is 6.30. The number of fused-ring (bicyclic) bond motifs is 1. The maximum Gasteiger partial charge on any atom is 0.274 e. The van der Waals surface area contributed by atoms with Gasteiger partial charge in [-0.15, -0.1) is 0 Å². The molecule has 0 amide bonds. The zero-order valence-corrected chi connectivity index (χ0v) is 17.1. The normalized spacial score (nSPS) is 15.0. The molecule has 0 saturated carbocycles. The number of aryl methyl sites for hydroxylation is 2. The van der Waals surface area contributed by atoms with Crippen LogP contribution < -0.4 is 20.3 Å². The van der Waals surface area contributed by atoms with Crippen molar-refractivity contribution in [1.29, 1.82) is 0 Å². The minimum atomic E-state index is -1.51. The van der Waals surface area contributed by atoms with Gasteiger partial charge in [-0.2, -0.15) is 4.98 Å². The van der Waals surface area contributed by atoms with Crippen LogP contribution in [0.4, 0.5) is 24.8 Å². The number of anilines is 2. The quantitative estimate of drug-likeness (QED) is 0.612. The molecule has 6 nitrogen and oxygen atoms in total. The van der Waals surface area contributed by atoms with E-state index in [9.17, 15) is 18.0 Å². The largest absolute Gasteiger partial charge is 0.493 e. The molecule has 4 rings (SSSR count). The van der Waals surface area contributed by atoms with Crippen molar-refractivity contribution in [2.75, 3.05) is 19.5 Å². The number of ether oxygens (including phenoxy) is 2. The average Bonchev–Trinajstić information content (AvgIpc) is 3.16. The van der Waals surface area contributed by atoms with Crippen LogP contribution in [0.25, 0.3) is 0 Å². The highest BCUT2D eigenvalue weighted by molar-refractivity contribution is 5.65. The molecule has 0 aliphatic carbocycles. The number of hydrogen-bond donors (Lipinski definition) is 1. The lowest BCUT2D eigenvalue weighted by Crippen LogP contribution is -2.20. The minimum absolute atomic E-state index is 0.213. The number of aromatic nitrogens is 2. The van der Waals surface area contributed by atoms with Crippen LogP contribution in [0, 0.1) is 24.4 Å². The van der Waals surface area contributed by atoms with Gasteiger partial charge in [0.25, 0.3) is 5.56 Å². The van der Waals surface area contributed by atoms with E-state index in [4.69, 9.17) is 9.47 Å². The van der Waals surface area contributed by atoms with Crippen molar-refractivity contribution >= 4 is 11.6 Å². The standard InChI is InChI=1S/C22H20F3N3O3/c1-11-6-18(30-2)19(31-3)10-16(11)26-22-27-20(29)9-13-4-5-17(28(13)22)12-7-14(23)21(25)15(24)8-12/h6-10,17H,4-5H2,1-3H3,(H,26,27,29). The highest BCUT2D eigenvalue weighted by atomic mass is 19.2. The molecule has 2 aromatic carbocycles. The lowest BCUT2D eigenvalue weighted by Gasteiger charge is -2.21. The van der Waals surface area contributed by atoms with E-state index >= 15 is 0 Å². The number of halogens is 3. The van der Waals surface area contributed by atoms with Crippen molar-refractivity contribution in [3.8, 4) is 11.5 Å². The Labute approximate surface area is 176 Å². The molecule has 0 spiro atoms. The van der Waals surface area contributed by atoms with Crippen molar-refractivity contribution in [1.82, 2.24) is 9.55 Å². The van der Waals surface area contributed by atoms with Crippen LogP contribution in [0.15, 0.2) is 35.1 Å². The fourth-order valence-corrected chi connectivity index (χ4v) is 3.90. The van der Waals surface area contributed by atoms with Crippen LogP contribution in [0.1, 0.15) is 29.3 Å². The topological polar surface area (TPSA) is 65.4 Å². The molecule has 1 atom stereocenters. The molecule has 0 saturated heterocycles. The Morgan fingerprint density at radius 2 is 1.68 bits per heavy atom. The molecule has 9 heteroatoms. The van der Waals surface area contributed by atoms with Gasteiger partial charge in [-0.3, -0.25) is 4.79 Å². The van der Waals surface area contributed by atoms with Crippen molar-refractivity contribution < 1.29 is 22.6 Å². The number of nitrogens with one attached hydrogen (secondary N) is 1. The Bertz CT molecular complexity index is 1200. The molecule has 1 aliphatic heterocycles. The van der Waals surface area contributed by atoms with Gasteiger partial charge in [0.15, 0.2) is 29.0 Å². The summed E-state index contributed by atoms with van der Waals surface area (Å²) in [5.74, 6) is -2.80. The van der Waals surface area contributed by atoms with Gasteiger partial charge in [-0.1, -0.05) is 0 Å². The predicted octanol–water partition coefficient (Wildman–Crippen LogP) is 4.27. The van der Waals surface area contributed by atoms with Crippen LogP contribution in [0.5, 0.6) is 11.5 Å². The summed E-state index contributed by atoms with van der Waals surface area (Å²) in [6.45, 7) is 1.85. The molecular weight excluding hydrogens is 411 g/mol. The van der Waals surface area contributed by atoms with Gasteiger partial charge in [-0.25, -0.2) is 13.2 Å². The van der Waals surface area contributed by atoms with Crippen LogP contribution in [0.3, 0.4) is 0 Å². The van der Waals surface area contributed by atoms with E-state index in [1.807, 2.05) is 6.92 Å². The van der Waals surface area contributed by atoms with E-state index in [-0.39, 0.29) is 11.5 Å². The van der Waals surface area contributed by atoms with E-state index in [0.29, 0.717) is 35.7 Å². The van der Waals surface area contributed by atoms with E-state index < -0.39 is 29.1 Å². The second-order valence-electron chi connectivity index (χ2n) is 7.28. The summed E-state index contributed by atoms with van der Waals surface area (Å²) in [6.07, 6.45) is 0.984. The predicted molar refractivity (Wildman–Crippen MR) is 109 cm³/mol. The minimum Gasteiger partial charge on any atom is -0.493 e. The Morgan fingerprint density at radius 1 is 1.03 bits per heavy atom. The fraction of sp³-hybridized carbons (Fsp3) is 0.273. The third kappa shape index (κ3) is 3.71. The maximum absolute atomic E-state index is 13.9. The molecule has 3 aromatic rings. The van der Waals surface area contributed by atoms with Crippen LogP contribution >= 0.6 is 0 Å². The number of nitrogens with zero attached hydrogens (tertiary/aromatic N) is 2. The Morgan fingerprint density at radius 3 is 2.32 bits per heavy atom. The number of rotatable bonds is 5. The lowest BCUT2D eigenvalue weighted by molar-refractivity contribution is 0.355. The van der Waals surface area contributed by atoms with E-state index in [1.165, 1.54) is 20.3 Å². The Hall–Kier alpha value is -3.49. The molecule has 0 fully saturated rings. The first-order valence-electron chi connectivity index (χ1n) is 9.59. The monoisotopic (exact) mass is 431 g/mol. The highest BCUT2D eigenvalue weighted by Gasteiger charge is 2.28. The molecule has 1 N–H and O–H groups in total. The van der Waals surface area contributed by atoms with Crippen molar-refractivity contribution in [2.45, 2.75) is 25.8 Å². The summed E-state index contributed by atoms with van der Waals surface area (Å²) in [5.41, 5.74) is 1.90. The Balaban J connectivity index is 1.81. The third-order valence-electron chi connectivity index (χ3n) is 5.40. The van der Waals surface area contributed by atoms with Gasteiger partial charge < -0.3 is 19.4 Å².